The summed E-state index contributed by atoms with van der Waals surface area (Å²) in [7, 11) is -0.341. The van der Waals surface area contributed by atoms with Crippen LogP contribution in [0.2, 0.25) is 19.6 Å². The third kappa shape index (κ3) is 1.74. The van der Waals surface area contributed by atoms with Crippen LogP contribution in [-0.2, 0) is 14.3 Å². The number of rotatable bonds is 2. The second-order valence-corrected chi connectivity index (χ2v) is 9.00. The Morgan fingerprint density at radius 2 is 2.08 bits per heavy atom. The van der Waals surface area contributed by atoms with Crippen LogP contribution >= 0.6 is 0 Å². The van der Waals surface area contributed by atoms with Crippen LogP contribution in [0.1, 0.15) is 6.42 Å². The van der Waals surface area contributed by atoms with Gasteiger partial charge in [0.1, 0.15) is 6.04 Å². The molecule has 1 atom stereocenters. The monoisotopic (exact) mass is 201 g/mol. The molecule has 0 bridgehead atoms. The summed E-state index contributed by atoms with van der Waals surface area (Å²) in [6.45, 7) is 6.12. The number of carbonyl (C=O) groups is 2. The van der Waals surface area contributed by atoms with Crippen molar-refractivity contribution < 1.29 is 14.3 Å². The van der Waals surface area contributed by atoms with Crippen LogP contribution in [0.4, 0.5) is 0 Å². The van der Waals surface area contributed by atoms with Gasteiger partial charge in [0.2, 0.25) is 5.91 Å². The largest absolute Gasteiger partial charge is 0.467 e. The van der Waals surface area contributed by atoms with E-state index in [1.807, 2.05) is 19.6 Å². The summed E-state index contributed by atoms with van der Waals surface area (Å²) >= 11 is 0. The molecule has 0 N–H and O–H groups in total. The number of carbonyl (C=O) groups excluding carboxylic acids is 2. The molecule has 0 unspecified atom stereocenters. The maximum atomic E-state index is 11.3. The second-order valence-electron chi connectivity index (χ2n) is 4.18. The lowest BCUT2D eigenvalue weighted by molar-refractivity contribution is -0.158. The van der Waals surface area contributed by atoms with Crippen molar-refractivity contribution >= 4 is 20.1 Å². The average molecular weight is 201 g/mol. The number of hydrogen-bond donors (Lipinski definition) is 0. The first-order valence-corrected chi connectivity index (χ1v) is 7.72. The normalized spacial score (nSPS) is 22.6. The van der Waals surface area contributed by atoms with E-state index in [9.17, 15) is 9.59 Å². The van der Waals surface area contributed by atoms with Gasteiger partial charge in [-0.3, -0.25) is 4.79 Å². The van der Waals surface area contributed by atoms with Crippen molar-refractivity contribution in [2.45, 2.75) is 32.1 Å². The zero-order chi connectivity index (χ0) is 10.2. The highest BCUT2D eigenvalue weighted by molar-refractivity contribution is 6.76. The fourth-order valence-corrected chi connectivity index (χ4v) is 3.55. The number of nitrogens with zero attached hydrogens (tertiary/aromatic N) is 1. The fourth-order valence-electron chi connectivity index (χ4n) is 1.58. The van der Waals surface area contributed by atoms with Gasteiger partial charge in [0.15, 0.2) is 8.24 Å². The number of esters is 1. The summed E-state index contributed by atoms with van der Waals surface area (Å²) < 4.78 is 6.32. The highest BCUT2D eigenvalue weighted by atomic mass is 28.3. The van der Waals surface area contributed by atoms with Gasteiger partial charge in [-0.15, -0.1) is 0 Å². The maximum Gasteiger partial charge on any atom is 0.328 e. The molecule has 0 aromatic rings. The van der Waals surface area contributed by atoms with Gasteiger partial charge in [-0.2, -0.15) is 0 Å². The third-order valence-corrected chi connectivity index (χ3v) is 4.15. The van der Waals surface area contributed by atoms with E-state index in [0.717, 1.165) is 0 Å². The van der Waals surface area contributed by atoms with E-state index < -0.39 is 8.24 Å². The SMILES string of the molecule is COC(=O)[C@@H]1CC(=O)N1[Si](C)(C)C. The fraction of sp³-hybridized carbons (Fsp3) is 0.750. The second kappa shape index (κ2) is 3.14. The Balaban J connectivity index is 2.73. The van der Waals surface area contributed by atoms with E-state index in [1.165, 1.54) is 7.11 Å². The Bertz CT molecular complexity index is 246. The van der Waals surface area contributed by atoms with Crippen LogP contribution in [-0.4, -0.2) is 37.8 Å². The minimum Gasteiger partial charge on any atom is -0.467 e. The Labute approximate surface area is 78.9 Å². The van der Waals surface area contributed by atoms with Crippen molar-refractivity contribution in [2.24, 2.45) is 0 Å². The van der Waals surface area contributed by atoms with E-state index in [2.05, 4.69) is 4.74 Å². The quantitative estimate of drug-likeness (QED) is 0.373. The standard InChI is InChI=1S/C8H15NO3Si/c1-12-8(11)6-5-7(10)9(6)13(2,3)4/h6H,5H2,1-4H3/t6-/m0/s1. The molecule has 0 aromatic heterocycles. The van der Waals surface area contributed by atoms with E-state index >= 15 is 0 Å². The van der Waals surface area contributed by atoms with Crippen molar-refractivity contribution in [3.05, 3.63) is 0 Å². The molecule has 0 saturated carbocycles. The molecular formula is C8H15NO3Si. The van der Waals surface area contributed by atoms with Crippen molar-refractivity contribution in [2.75, 3.05) is 7.11 Å². The zero-order valence-corrected chi connectivity index (χ0v) is 9.46. The first-order chi connectivity index (χ1) is 5.88. The minimum absolute atomic E-state index is 0.0783. The van der Waals surface area contributed by atoms with Crippen LogP contribution in [0.15, 0.2) is 0 Å². The van der Waals surface area contributed by atoms with Gasteiger partial charge >= 0.3 is 5.97 Å². The summed E-state index contributed by atoms with van der Waals surface area (Å²) in [4.78, 5) is 22.5. The summed E-state index contributed by atoms with van der Waals surface area (Å²) in [6, 6.07) is -0.316. The van der Waals surface area contributed by atoms with Gasteiger partial charge < -0.3 is 9.30 Å². The molecule has 1 aliphatic heterocycles. The summed E-state index contributed by atoms with van der Waals surface area (Å²) in [5, 5.41) is 0. The van der Waals surface area contributed by atoms with Crippen molar-refractivity contribution in [3.8, 4) is 0 Å². The van der Waals surface area contributed by atoms with Gasteiger partial charge in [0.05, 0.1) is 13.5 Å². The smallest absolute Gasteiger partial charge is 0.328 e. The number of methoxy groups -OCH3 is 1. The van der Waals surface area contributed by atoms with Gasteiger partial charge in [0, 0.05) is 0 Å². The molecule has 1 rings (SSSR count). The number of hydrogen-bond acceptors (Lipinski definition) is 3. The average Bonchev–Trinajstić information content (AvgIpc) is 1.95. The predicted octanol–water partition coefficient (Wildman–Crippen LogP) is 0.595. The molecule has 0 aromatic carbocycles. The van der Waals surface area contributed by atoms with Crippen LogP contribution in [0.5, 0.6) is 0 Å². The highest BCUT2D eigenvalue weighted by Gasteiger charge is 2.47. The van der Waals surface area contributed by atoms with Gasteiger partial charge in [-0.1, -0.05) is 19.6 Å². The summed E-state index contributed by atoms with van der Waals surface area (Å²) in [6.07, 6.45) is 0.316. The van der Waals surface area contributed by atoms with E-state index in [-0.39, 0.29) is 17.9 Å². The van der Waals surface area contributed by atoms with Crippen LogP contribution < -0.4 is 0 Å². The molecule has 1 heterocycles. The van der Waals surface area contributed by atoms with Gasteiger partial charge in [0.25, 0.3) is 0 Å². The number of ether oxygens (including phenoxy) is 1. The Kier molecular flexibility index (Phi) is 2.47. The zero-order valence-electron chi connectivity index (χ0n) is 8.46. The van der Waals surface area contributed by atoms with Gasteiger partial charge in [-0.05, 0) is 0 Å². The highest BCUT2D eigenvalue weighted by Crippen LogP contribution is 2.27. The van der Waals surface area contributed by atoms with Crippen molar-refractivity contribution in [3.63, 3.8) is 0 Å². The topological polar surface area (TPSA) is 46.6 Å². The van der Waals surface area contributed by atoms with E-state index in [4.69, 9.17) is 0 Å². The summed E-state index contributed by atoms with van der Waals surface area (Å²) in [5.41, 5.74) is 0. The van der Waals surface area contributed by atoms with Crippen LogP contribution in [0.3, 0.4) is 0 Å². The number of amides is 1. The van der Waals surface area contributed by atoms with Crippen molar-refractivity contribution in [1.29, 1.82) is 0 Å². The Morgan fingerprint density at radius 3 is 2.38 bits per heavy atom. The molecule has 1 aliphatic rings. The lowest BCUT2D eigenvalue weighted by Gasteiger charge is -2.46. The first kappa shape index (κ1) is 10.2. The number of β-lactam (4-membered cyclic amide) rings is 1. The molecular weight excluding hydrogens is 186 g/mol. The molecule has 74 valence electrons. The molecule has 0 spiro atoms. The third-order valence-electron chi connectivity index (χ3n) is 2.14. The molecule has 4 nitrogen and oxygen atoms in total. The van der Waals surface area contributed by atoms with Gasteiger partial charge in [-0.25, -0.2) is 4.79 Å². The van der Waals surface area contributed by atoms with Crippen LogP contribution in [0, 0.1) is 0 Å². The lowest BCUT2D eigenvalue weighted by atomic mass is 10.1. The van der Waals surface area contributed by atoms with Crippen LogP contribution in [0.25, 0.3) is 0 Å². The molecule has 1 saturated heterocycles. The predicted molar refractivity (Wildman–Crippen MR) is 50.6 cm³/mol. The molecule has 0 aliphatic carbocycles. The molecule has 13 heavy (non-hydrogen) atoms. The van der Waals surface area contributed by atoms with Crippen molar-refractivity contribution in [1.82, 2.24) is 4.57 Å². The van der Waals surface area contributed by atoms with E-state index in [1.54, 1.807) is 4.57 Å². The summed E-state index contributed by atoms with van der Waals surface area (Å²) in [5.74, 6) is -0.211. The maximum absolute atomic E-state index is 11.3. The van der Waals surface area contributed by atoms with E-state index in [0.29, 0.717) is 6.42 Å². The molecule has 0 radical (unpaired) electrons. The Hall–Kier alpha value is -0.843. The minimum atomic E-state index is -1.70. The first-order valence-electron chi connectivity index (χ1n) is 4.28. The molecule has 5 heteroatoms. The molecule has 1 amide bonds. The molecule has 1 fully saturated rings. The lowest BCUT2D eigenvalue weighted by Crippen LogP contribution is -2.66. The Morgan fingerprint density at radius 1 is 1.54 bits per heavy atom.